The molecule has 1 aliphatic carbocycles. The highest BCUT2D eigenvalue weighted by Gasteiger charge is 2.45. The molecule has 0 atom stereocenters. The molecule has 0 aromatic carbocycles. The molecule has 1 saturated carbocycles. The summed E-state index contributed by atoms with van der Waals surface area (Å²) in [6, 6.07) is 0. The quantitative estimate of drug-likeness (QED) is 0.809. The molecule has 0 unspecified atom stereocenters. The summed E-state index contributed by atoms with van der Waals surface area (Å²) in [7, 11) is 0. The molecule has 0 bridgehead atoms. The van der Waals surface area contributed by atoms with Crippen molar-refractivity contribution in [2.45, 2.75) is 39.5 Å². The molecule has 2 heteroatoms. The third-order valence-corrected chi connectivity index (χ3v) is 5.53. The lowest BCUT2D eigenvalue weighted by Crippen LogP contribution is -2.61. The van der Waals surface area contributed by atoms with Crippen LogP contribution in [0.2, 0.25) is 0 Å². The maximum Gasteiger partial charge on any atom is 0.00506 e. The second-order valence-electron chi connectivity index (χ2n) is 7.28. The van der Waals surface area contributed by atoms with Crippen LogP contribution in [0.15, 0.2) is 0 Å². The van der Waals surface area contributed by atoms with Gasteiger partial charge in [0.2, 0.25) is 0 Å². The fourth-order valence-electron chi connectivity index (χ4n) is 4.11. The maximum atomic E-state index is 3.38. The van der Waals surface area contributed by atoms with Gasteiger partial charge in [-0.25, -0.2) is 0 Å². The third-order valence-electron chi connectivity index (χ3n) is 5.53. The summed E-state index contributed by atoms with van der Waals surface area (Å²) in [5, 5.41) is 3.38. The molecule has 2 aliphatic heterocycles. The summed E-state index contributed by atoms with van der Waals surface area (Å²) < 4.78 is 0. The van der Waals surface area contributed by atoms with Crippen molar-refractivity contribution in [3.05, 3.63) is 0 Å². The van der Waals surface area contributed by atoms with E-state index in [-0.39, 0.29) is 0 Å². The van der Waals surface area contributed by atoms with Crippen molar-refractivity contribution in [1.29, 1.82) is 0 Å². The molecule has 2 heterocycles. The molecule has 3 fully saturated rings. The highest BCUT2D eigenvalue weighted by Crippen LogP contribution is 2.47. The first-order chi connectivity index (χ1) is 8.17. The van der Waals surface area contributed by atoms with E-state index in [1.807, 2.05) is 0 Å². The summed E-state index contributed by atoms with van der Waals surface area (Å²) in [5.41, 5.74) is 0.753. The highest BCUT2D eigenvalue weighted by atomic mass is 15.2. The van der Waals surface area contributed by atoms with Crippen LogP contribution in [0.5, 0.6) is 0 Å². The molecule has 2 saturated heterocycles. The van der Waals surface area contributed by atoms with Crippen molar-refractivity contribution in [3.63, 3.8) is 0 Å². The molecule has 17 heavy (non-hydrogen) atoms. The van der Waals surface area contributed by atoms with E-state index in [1.165, 1.54) is 58.4 Å². The van der Waals surface area contributed by atoms with Crippen molar-refractivity contribution < 1.29 is 0 Å². The van der Waals surface area contributed by atoms with Crippen LogP contribution in [-0.4, -0.2) is 37.6 Å². The zero-order valence-electron chi connectivity index (χ0n) is 11.5. The number of likely N-dealkylation sites (tertiary alicyclic amines) is 1. The second-order valence-corrected chi connectivity index (χ2v) is 7.28. The zero-order chi connectivity index (χ0) is 11.9. The van der Waals surface area contributed by atoms with Gasteiger partial charge in [-0.15, -0.1) is 0 Å². The normalized spacial score (nSPS) is 30.5. The minimum atomic E-state index is 0.753. The van der Waals surface area contributed by atoms with E-state index < -0.39 is 0 Å². The van der Waals surface area contributed by atoms with Crippen LogP contribution in [0.4, 0.5) is 0 Å². The summed E-state index contributed by atoms with van der Waals surface area (Å²) in [5.74, 6) is 2.88. The van der Waals surface area contributed by atoms with E-state index in [0.29, 0.717) is 0 Å². The van der Waals surface area contributed by atoms with E-state index in [4.69, 9.17) is 0 Å². The number of nitrogens with zero attached hydrogens (tertiary/aromatic N) is 1. The second kappa shape index (κ2) is 4.55. The molecular weight excluding hydrogens is 208 g/mol. The van der Waals surface area contributed by atoms with Crippen LogP contribution >= 0.6 is 0 Å². The molecule has 3 rings (SSSR count). The fraction of sp³-hybridized carbons (Fsp3) is 1.00. The zero-order valence-corrected chi connectivity index (χ0v) is 11.5. The van der Waals surface area contributed by atoms with Gasteiger partial charge in [-0.3, -0.25) is 0 Å². The van der Waals surface area contributed by atoms with E-state index >= 15 is 0 Å². The lowest BCUT2D eigenvalue weighted by Gasteiger charge is -2.55. The van der Waals surface area contributed by atoms with E-state index in [0.717, 1.165) is 23.2 Å². The predicted molar refractivity (Wildman–Crippen MR) is 72.0 cm³/mol. The van der Waals surface area contributed by atoms with Crippen LogP contribution in [0, 0.1) is 23.2 Å². The SMILES string of the molecule is CC(C)C1CCC2(CC1)CN(CC1CNC1)C2. The van der Waals surface area contributed by atoms with Crippen molar-refractivity contribution in [3.8, 4) is 0 Å². The minimum Gasteiger partial charge on any atom is -0.316 e. The first-order valence-corrected chi connectivity index (χ1v) is 7.60. The molecule has 1 N–H and O–H groups in total. The molecule has 98 valence electrons. The Hall–Kier alpha value is -0.0800. The topological polar surface area (TPSA) is 15.3 Å². The average molecular weight is 236 g/mol. The number of nitrogens with one attached hydrogen (secondary N) is 1. The molecule has 0 radical (unpaired) electrons. The molecule has 1 spiro atoms. The van der Waals surface area contributed by atoms with Gasteiger partial charge in [0.1, 0.15) is 0 Å². The Kier molecular flexibility index (Phi) is 3.20. The smallest absolute Gasteiger partial charge is 0.00506 e. The van der Waals surface area contributed by atoms with Gasteiger partial charge < -0.3 is 10.2 Å². The van der Waals surface area contributed by atoms with Crippen molar-refractivity contribution in [1.82, 2.24) is 10.2 Å². The Morgan fingerprint density at radius 2 is 1.82 bits per heavy atom. The summed E-state index contributed by atoms with van der Waals surface area (Å²) >= 11 is 0. The largest absolute Gasteiger partial charge is 0.316 e. The molecule has 2 nitrogen and oxygen atoms in total. The first-order valence-electron chi connectivity index (χ1n) is 7.60. The lowest BCUT2D eigenvalue weighted by molar-refractivity contribution is -0.0526. The standard InChI is InChI=1S/C15H28N2/c1-12(2)14-3-5-15(6-4-14)10-17(11-15)9-13-7-16-8-13/h12-14,16H,3-11H2,1-2H3. The van der Waals surface area contributed by atoms with Crippen LogP contribution in [0.1, 0.15) is 39.5 Å². The maximum absolute atomic E-state index is 3.38. The van der Waals surface area contributed by atoms with E-state index in [1.54, 1.807) is 0 Å². The van der Waals surface area contributed by atoms with Gasteiger partial charge in [0.25, 0.3) is 0 Å². The predicted octanol–water partition coefficient (Wildman–Crippen LogP) is 2.35. The third kappa shape index (κ3) is 2.39. The summed E-state index contributed by atoms with van der Waals surface area (Å²) in [4.78, 5) is 2.71. The molecular formula is C15H28N2. The Labute approximate surface area is 106 Å². The Morgan fingerprint density at radius 3 is 2.29 bits per heavy atom. The van der Waals surface area contributed by atoms with Crippen molar-refractivity contribution >= 4 is 0 Å². The summed E-state index contributed by atoms with van der Waals surface area (Å²) in [6.45, 7) is 11.5. The van der Waals surface area contributed by atoms with Gasteiger partial charge in [0, 0.05) is 32.7 Å². The summed E-state index contributed by atoms with van der Waals surface area (Å²) in [6.07, 6.45) is 6.01. The van der Waals surface area contributed by atoms with Crippen LogP contribution in [0.3, 0.4) is 0 Å². The fourth-order valence-corrected chi connectivity index (χ4v) is 4.11. The van der Waals surface area contributed by atoms with E-state index in [2.05, 4.69) is 24.1 Å². The van der Waals surface area contributed by atoms with Crippen molar-refractivity contribution in [2.75, 3.05) is 32.7 Å². The van der Waals surface area contributed by atoms with Crippen molar-refractivity contribution in [2.24, 2.45) is 23.2 Å². The van der Waals surface area contributed by atoms with Gasteiger partial charge in [-0.1, -0.05) is 13.8 Å². The average Bonchev–Trinajstić information content (AvgIpc) is 2.21. The number of hydrogen-bond acceptors (Lipinski definition) is 2. The molecule has 3 aliphatic rings. The van der Waals surface area contributed by atoms with E-state index in [9.17, 15) is 0 Å². The molecule has 0 aromatic rings. The Bertz CT molecular complexity index is 254. The van der Waals surface area contributed by atoms with Crippen LogP contribution < -0.4 is 5.32 Å². The number of hydrogen-bond donors (Lipinski definition) is 1. The Balaban J connectivity index is 1.42. The minimum absolute atomic E-state index is 0.753. The van der Waals surface area contributed by atoms with Gasteiger partial charge >= 0.3 is 0 Å². The monoisotopic (exact) mass is 236 g/mol. The van der Waals surface area contributed by atoms with Gasteiger partial charge in [0.15, 0.2) is 0 Å². The van der Waals surface area contributed by atoms with Gasteiger partial charge in [-0.05, 0) is 48.9 Å². The Morgan fingerprint density at radius 1 is 1.18 bits per heavy atom. The van der Waals surface area contributed by atoms with Crippen LogP contribution in [0.25, 0.3) is 0 Å². The van der Waals surface area contributed by atoms with Gasteiger partial charge in [0.05, 0.1) is 0 Å². The van der Waals surface area contributed by atoms with Gasteiger partial charge in [-0.2, -0.15) is 0 Å². The first kappa shape index (κ1) is 12.0. The molecule has 0 amide bonds. The van der Waals surface area contributed by atoms with Crippen LogP contribution in [-0.2, 0) is 0 Å². The lowest BCUT2D eigenvalue weighted by atomic mass is 9.64. The highest BCUT2D eigenvalue weighted by molar-refractivity contribution is 4.99. The number of rotatable bonds is 3. The molecule has 0 aromatic heterocycles.